The van der Waals surface area contributed by atoms with Gasteiger partial charge in [-0.25, -0.2) is 4.39 Å². The number of hydrogen-bond acceptors (Lipinski definition) is 2. The molecule has 1 aromatic heterocycles. The fourth-order valence-electron chi connectivity index (χ4n) is 1.37. The van der Waals surface area contributed by atoms with E-state index in [1.165, 1.54) is 6.07 Å². The quantitative estimate of drug-likeness (QED) is 0.812. The van der Waals surface area contributed by atoms with Crippen LogP contribution in [-0.2, 0) is 6.61 Å². The second-order valence-electron chi connectivity index (χ2n) is 3.18. The maximum Gasteiger partial charge on any atom is 0.129 e. The number of halogens is 1. The first-order valence-corrected chi connectivity index (χ1v) is 4.62. The van der Waals surface area contributed by atoms with E-state index in [4.69, 9.17) is 5.11 Å². The summed E-state index contributed by atoms with van der Waals surface area (Å²) in [6.07, 6.45) is 1.66. The van der Waals surface area contributed by atoms with E-state index < -0.39 is 5.82 Å². The van der Waals surface area contributed by atoms with Crippen LogP contribution in [-0.4, -0.2) is 10.1 Å². The van der Waals surface area contributed by atoms with Crippen molar-refractivity contribution in [3.05, 3.63) is 54.0 Å². The first-order valence-electron chi connectivity index (χ1n) is 4.62. The Kier molecular flexibility index (Phi) is 2.74. The van der Waals surface area contributed by atoms with E-state index in [-0.39, 0.29) is 6.61 Å². The van der Waals surface area contributed by atoms with Gasteiger partial charge in [-0.3, -0.25) is 4.98 Å². The number of benzene rings is 1. The van der Waals surface area contributed by atoms with Crippen molar-refractivity contribution < 1.29 is 9.50 Å². The molecule has 0 saturated heterocycles. The molecule has 0 unspecified atom stereocenters. The fraction of sp³-hybridized carbons (Fsp3) is 0.0833. The van der Waals surface area contributed by atoms with Crippen molar-refractivity contribution >= 4 is 0 Å². The van der Waals surface area contributed by atoms with Crippen LogP contribution in [0.1, 0.15) is 5.56 Å². The van der Waals surface area contributed by atoms with Crippen molar-refractivity contribution in [2.45, 2.75) is 6.61 Å². The number of hydrogen-bond donors (Lipinski definition) is 1. The SMILES string of the molecule is OCc1ccc(-c2ccccn2)cc1F. The molecule has 2 aromatic rings. The monoisotopic (exact) mass is 203 g/mol. The number of pyridine rings is 1. The molecule has 2 rings (SSSR count). The molecule has 2 nitrogen and oxygen atoms in total. The van der Waals surface area contributed by atoms with Crippen molar-refractivity contribution in [3.8, 4) is 11.3 Å². The molecule has 0 amide bonds. The normalized spacial score (nSPS) is 10.3. The Hall–Kier alpha value is -1.74. The highest BCUT2D eigenvalue weighted by Crippen LogP contribution is 2.19. The van der Waals surface area contributed by atoms with Crippen LogP contribution in [0.3, 0.4) is 0 Å². The molecule has 3 heteroatoms. The molecule has 15 heavy (non-hydrogen) atoms. The number of nitrogens with zero attached hydrogens (tertiary/aromatic N) is 1. The molecule has 0 aliphatic heterocycles. The van der Waals surface area contributed by atoms with Crippen LogP contribution >= 0.6 is 0 Å². The Morgan fingerprint density at radius 1 is 1.20 bits per heavy atom. The summed E-state index contributed by atoms with van der Waals surface area (Å²) in [4.78, 5) is 4.12. The van der Waals surface area contributed by atoms with E-state index in [1.54, 1.807) is 18.3 Å². The zero-order valence-electron chi connectivity index (χ0n) is 8.02. The van der Waals surface area contributed by atoms with Crippen LogP contribution in [0.25, 0.3) is 11.3 Å². The predicted molar refractivity (Wildman–Crippen MR) is 55.6 cm³/mol. The highest BCUT2D eigenvalue weighted by molar-refractivity contribution is 5.59. The third kappa shape index (κ3) is 2.02. The average Bonchev–Trinajstić information content (AvgIpc) is 2.30. The Bertz CT molecular complexity index is 456. The van der Waals surface area contributed by atoms with Crippen molar-refractivity contribution in [2.24, 2.45) is 0 Å². The zero-order valence-corrected chi connectivity index (χ0v) is 8.02. The molecule has 1 N–H and O–H groups in total. The predicted octanol–water partition coefficient (Wildman–Crippen LogP) is 2.38. The summed E-state index contributed by atoms with van der Waals surface area (Å²) < 4.78 is 13.3. The van der Waals surface area contributed by atoms with Gasteiger partial charge in [0, 0.05) is 17.3 Å². The summed E-state index contributed by atoms with van der Waals surface area (Å²) in [5.41, 5.74) is 1.74. The third-order valence-electron chi connectivity index (χ3n) is 2.18. The summed E-state index contributed by atoms with van der Waals surface area (Å²) in [5.74, 6) is -0.402. The lowest BCUT2D eigenvalue weighted by molar-refractivity contribution is 0.276. The molecular formula is C12H10FNO. The van der Waals surface area contributed by atoms with Crippen LogP contribution < -0.4 is 0 Å². The first kappa shape index (κ1) is 9.80. The van der Waals surface area contributed by atoms with Gasteiger partial charge in [-0.2, -0.15) is 0 Å². The van der Waals surface area contributed by atoms with Crippen LogP contribution in [0.15, 0.2) is 42.6 Å². The van der Waals surface area contributed by atoms with Gasteiger partial charge in [-0.1, -0.05) is 18.2 Å². The van der Waals surface area contributed by atoms with E-state index in [1.807, 2.05) is 18.2 Å². The molecule has 0 radical (unpaired) electrons. The number of aliphatic hydroxyl groups excluding tert-OH is 1. The van der Waals surface area contributed by atoms with Gasteiger partial charge in [0.15, 0.2) is 0 Å². The molecule has 0 fully saturated rings. The van der Waals surface area contributed by atoms with Crippen LogP contribution in [0.2, 0.25) is 0 Å². The lowest BCUT2D eigenvalue weighted by atomic mass is 10.1. The van der Waals surface area contributed by atoms with E-state index in [0.29, 0.717) is 11.1 Å². The fourth-order valence-corrected chi connectivity index (χ4v) is 1.37. The zero-order chi connectivity index (χ0) is 10.7. The molecule has 0 atom stereocenters. The Morgan fingerprint density at radius 3 is 2.67 bits per heavy atom. The maximum atomic E-state index is 13.3. The van der Waals surface area contributed by atoms with Gasteiger partial charge in [0.1, 0.15) is 5.82 Å². The van der Waals surface area contributed by atoms with Crippen LogP contribution in [0, 0.1) is 5.82 Å². The Labute approximate surface area is 87.0 Å². The summed E-state index contributed by atoms with van der Waals surface area (Å²) in [6.45, 7) is -0.283. The average molecular weight is 203 g/mol. The van der Waals surface area contributed by atoms with E-state index in [0.717, 1.165) is 5.69 Å². The largest absolute Gasteiger partial charge is 0.392 e. The Balaban J connectivity index is 2.43. The second kappa shape index (κ2) is 4.19. The van der Waals surface area contributed by atoms with Gasteiger partial charge < -0.3 is 5.11 Å². The van der Waals surface area contributed by atoms with E-state index in [2.05, 4.69) is 4.98 Å². The summed E-state index contributed by atoms with van der Waals surface area (Å²) in [7, 11) is 0. The molecular weight excluding hydrogens is 193 g/mol. The topological polar surface area (TPSA) is 33.1 Å². The van der Waals surface area contributed by atoms with Crippen molar-refractivity contribution in [1.82, 2.24) is 4.98 Å². The highest BCUT2D eigenvalue weighted by Gasteiger charge is 2.04. The number of aliphatic hydroxyl groups is 1. The van der Waals surface area contributed by atoms with Gasteiger partial charge in [-0.15, -0.1) is 0 Å². The van der Waals surface area contributed by atoms with Crippen LogP contribution in [0.5, 0.6) is 0 Å². The van der Waals surface area contributed by atoms with Crippen LogP contribution in [0.4, 0.5) is 4.39 Å². The molecule has 0 bridgehead atoms. The van der Waals surface area contributed by atoms with Crippen molar-refractivity contribution in [3.63, 3.8) is 0 Å². The lowest BCUT2D eigenvalue weighted by Crippen LogP contribution is -1.91. The molecule has 0 aliphatic carbocycles. The molecule has 0 spiro atoms. The molecule has 76 valence electrons. The van der Waals surface area contributed by atoms with Gasteiger partial charge in [0.25, 0.3) is 0 Å². The standard InChI is InChI=1S/C12H10FNO/c13-11-7-9(4-5-10(11)8-15)12-3-1-2-6-14-12/h1-7,15H,8H2. The minimum Gasteiger partial charge on any atom is -0.392 e. The third-order valence-corrected chi connectivity index (χ3v) is 2.18. The molecule has 1 aromatic carbocycles. The van der Waals surface area contributed by atoms with Gasteiger partial charge in [0.05, 0.1) is 12.3 Å². The number of rotatable bonds is 2. The smallest absolute Gasteiger partial charge is 0.129 e. The second-order valence-corrected chi connectivity index (χ2v) is 3.18. The highest BCUT2D eigenvalue weighted by atomic mass is 19.1. The summed E-state index contributed by atoms with van der Waals surface area (Å²) >= 11 is 0. The van der Waals surface area contributed by atoms with Gasteiger partial charge in [-0.05, 0) is 18.2 Å². The van der Waals surface area contributed by atoms with E-state index >= 15 is 0 Å². The van der Waals surface area contributed by atoms with E-state index in [9.17, 15) is 4.39 Å². The van der Waals surface area contributed by atoms with Crippen molar-refractivity contribution in [1.29, 1.82) is 0 Å². The lowest BCUT2D eigenvalue weighted by Gasteiger charge is -2.03. The minimum absolute atomic E-state index is 0.283. The maximum absolute atomic E-state index is 13.3. The number of aromatic nitrogens is 1. The first-order chi connectivity index (χ1) is 7.31. The van der Waals surface area contributed by atoms with Gasteiger partial charge in [0.2, 0.25) is 0 Å². The van der Waals surface area contributed by atoms with Gasteiger partial charge >= 0.3 is 0 Å². The van der Waals surface area contributed by atoms with Crippen molar-refractivity contribution in [2.75, 3.05) is 0 Å². The molecule has 0 aliphatic rings. The molecule has 0 saturated carbocycles. The Morgan fingerprint density at radius 2 is 2.07 bits per heavy atom. The summed E-state index contributed by atoms with van der Waals surface area (Å²) in [5, 5.41) is 8.82. The minimum atomic E-state index is -0.402. The molecule has 1 heterocycles. The summed E-state index contributed by atoms with van der Waals surface area (Å²) in [6, 6.07) is 10.2.